The van der Waals surface area contributed by atoms with Gasteiger partial charge in [0.2, 0.25) is 21.8 Å². The first kappa shape index (κ1) is 24.2. The van der Waals surface area contributed by atoms with Crippen LogP contribution in [-0.4, -0.2) is 42.4 Å². The number of rotatable bonds is 9. The van der Waals surface area contributed by atoms with E-state index in [-0.39, 0.29) is 35.5 Å². The lowest BCUT2D eigenvalue weighted by Gasteiger charge is -2.29. The third kappa shape index (κ3) is 5.49. The molecule has 1 N–H and O–H groups in total. The minimum atomic E-state index is -4.11. The van der Waals surface area contributed by atoms with E-state index in [1.165, 1.54) is 43.3 Å². The zero-order chi connectivity index (χ0) is 24.3. The number of amides is 2. The second-order valence-corrected chi connectivity index (χ2v) is 9.59. The Bertz CT molecular complexity index is 1180. The first-order chi connectivity index (χ1) is 15.5. The van der Waals surface area contributed by atoms with Crippen LogP contribution in [0.25, 0.3) is 0 Å². The molecule has 0 aromatic heterocycles. The van der Waals surface area contributed by atoms with Crippen LogP contribution in [-0.2, 0) is 24.4 Å². The number of hydrogen-bond acceptors (Lipinski definition) is 7. The SMILES string of the molecule is CC(=O)[C@@H](CN1C(=O)CCC1=O)[C@@H](NS(=O)(=O)c1ccc(C)cc1)c1ccc([N+](=O)[O-])cc1. The van der Waals surface area contributed by atoms with E-state index in [1.54, 1.807) is 19.1 Å². The fourth-order valence-electron chi connectivity index (χ4n) is 3.63. The Kier molecular flexibility index (Phi) is 7.04. The molecular formula is C22H23N3O7S. The van der Waals surface area contributed by atoms with Crippen LogP contribution in [0.4, 0.5) is 5.69 Å². The van der Waals surface area contributed by atoms with Gasteiger partial charge in [-0.1, -0.05) is 29.8 Å². The maximum Gasteiger partial charge on any atom is 0.269 e. The topological polar surface area (TPSA) is 144 Å². The zero-order valence-corrected chi connectivity index (χ0v) is 18.9. The highest BCUT2D eigenvalue weighted by Crippen LogP contribution is 2.29. The van der Waals surface area contributed by atoms with Gasteiger partial charge in [0, 0.05) is 31.5 Å². The summed E-state index contributed by atoms with van der Waals surface area (Å²) in [5.41, 5.74) is 0.937. The number of nitro benzene ring substituents is 1. The number of nitrogens with one attached hydrogen (secondary N) is 1. The fraction of sp³-hybridized carbons (Fsp3) is 0.318. The lowest BCUT2D eigenvalue weighted by molar-refractivity contribution is -0.384. The Morgan fingerprint density at radius 2 is 1.61 bits per heavy atom. The minimum absolute atomic E-state index is 0.0285. The lowest BCUT2D eigenvalue weighted by Crippen LogP contribution is -2.44. The summed E-state index contributed by atoms with van der Waals surface area (Å²) in [6, 6.07) is 10.0. The third-order valence-corrected chi connectivity index (χ3v) is 6.99. The van der Waals surface area contributed by atoms with Gasteiger partial charge in [-0.3, -0.25) is 29.4 Å². The Hall–Kier alpha value is -3.44. The van der Waals surface area contributed by atoms with Crippen LogP contribution in [0.1, 0.15) is 36.9 Å². The van der Waals surface area contributed by atoms with Gasteiger partial charge < -0.3 is 0 Å². The molecule has 10 nitrogen and oxygen atoms in total. The molecule has 1 saturated heterocycles. The van der Waals surface area contributed by atoms with Crippen molar-refractivity contribution in [3.63, 3.8) is 0 Å². The molecule has 1 heterocycles. The first-order valence-corrected chi connectivity index (χ1v) is 11.6. The van der Waals surface area contributed by atoms with E-state index < -0.39 is 44.5 Å². The van der Waals surface area contributed by atoms with Gasteiger partial charge in [-0.2, -0.15) is 0 Å². The number of aryl methyl sites for hydroxylation is 1. The van der Waals surface area contributed by atoms with Crippen molar-refractivity contribution in [2.75, 3.05) is 6.54 Å². The molecule has 11 heteroatoms. The highest BCUT2D eigenvalue weighted by atomic mass is 32.2. The van der Waals surface area contributed by atoms with E-state index >= 15 is 0 Å². The van der Waals surface area contributed by atoms with Crippen molar-refractivity contribution in [3.05, 3.63) is 69.8 Å². The van der Waals surface area contributed by atoms with Crippen molar-refractivity contribution >= 4 is 33.3 Å². The summed E-state index contributed by atoms with van der Waals surface area (Å²) >= 11 is 0. The number of likely N-dealkylation sites (tertiary alicyclic amines) is 1. The molecule has 0 saturated carbocycles. The van der Waals surface area contributed by atoms with Gasteiger partial charge in [-0.15, -0.1) is 0 Å². The van der Waals surface area contributed by atoms with Crippen molar-refractivity contribution in [3.8, 4) is 0 Å². The Morgan fingerprint density at radius 1 is 1.06 bits per heavy atom. The molecule has 0 unspecified atom stereocenters. The molecule has 2 atom stereocenters. The Balaban J connectivity index is 2.03. The van der Waals surface area contributed by atoms with Gasteiger partial charge in [-0.05, 0) is 31.5 Å². The Morgan fingerprint density at radius 3 is 2.09 bits per heavy atom. The molecule has 0 radical (unpaired) electrons. The average Bonchev–Trinajstić information content (AvgIpc) is 3.08. The second kappa shape index (κ2) is 9.59. The van der Waals surface area contributed by atoms with Crippen LogP contribution >= 0.6 is 0 Å². The highest BCUT2D eigenvalue weighted by molar-refractivity contribution is 7.89. The summed E-state index contributed by atoms with van der Waals surface area (Å²) in [4.78, 5) is 48.2. The number of non-ortho nitro benzene ring substituents is 1. The van der Waals surface area contributed by atoms with Crippen molar-refractivity contribution in [1.29, 1.82) is 0 Å². The van der Waals surface area contributed by atoms with Crippen molar-refractivity contribution in [2.24, 2.45) is 5.92 Å². The number of hydrogen-bond donors (Lipinski definition) is 1. The predicted octanol–water partition coefficient (Wildman–Crippen LogP) is 2.28. The fourth-order valence-corrected chi connectivity index (χ4v) is 4.90. The van der Waals surface area contributed by atoms with Gasteiger partial charge in [0.1, 0.15) is 5.78 Å². The van der Waals surface area contributed by atoms with E-state index in [2.05, 4.69) is 4.72 Å². The maximum atomic E-state index is 13.1. The summed E-state index contributed by atoms with van der Waals surface area (Å²) in [7, 11) is -4.11. The standard InChI is InChI=1S/C22H23N3O7S/c1-14-3-9-18(10-4-14)33(31,32)23-22(16-5-7-17(8-6-16)25(29)30)19(15(2)26)13-24-20(27)11-12-21(24)28/h3-10,19,22-23H,11-13H2,1-2H3/t19-,22+/m1/s1. The van der Waals surface area contributed by atoms with Crippen molar-refractivity contribution < 1.29 is 27.7 Å². The van der Waals surface area contributed by atoms with Crippen molar-refractivity contribution in [1.82, 2.24) is 9.62 Å². The number of nitrogens with zero attached hydrogens (tertiary/aromatic N) is 2. The van der Waals surface area contributed by atoms with E-state index in [1.807, 2.05) is 0 Å². The van der Waals surface area contributed by atoms with Crippen LogP contribution in [0.15, 0.2) is 53.4 Å². The lowest BCUT2D eigenvalue weighted by atomic mass is 9.90. The van der Waals surface area contributed by atoms with Gasteiger partial charge in [0.15, 0.2) is 0 Å². The number of carbonyl (C=O) groups excluding carboxylic acids is 3. The summed E-state index contributed by atoms with van der Waals surface area (Å²) in [5, 5.41) is 11.0. The highest BCUT2D eigenvalue weighted by Gasteiger charge is 2.38. The molecule has 174 valence electrons. The number of sulfonamides is 1. The molecule has 0 bridgehead atoms. The van der Waals surface area contributed by atoms with E-state index in [0.717, 1.165) is 10.5 Å². The first-order valence-electron chi connectivity index (χ1n) is 10.2. The number of nitro groups is 1. The number of imide groups is 1. The third-order valence-electron chi connectivity index (χ3n) is 5.54. The molecule has 2 aromatic rings. The molecule has 1 aliphatic heterocycles. The predicted molar refractivity (Wildman–Crippen MR) is 117 cm³/mol. The number of Topliss-reactive ketones (excluding diaryl/α,β-unsaturated/α-hetero) is 1. The molecule has 2 amide bonds. The number of ketones is 1. The summed E-state index contributed by atoms with van der Waals surface area (Å²) in [6.45, 7) is 2.75. The number of benzene rings is 2. The van der Waals surface area contributed by atoms with Crippen LogP contribution < -0.4 is 4.72 Å². The van der Waals surface area contributed by atoms with Crippen LogP contribution in [0.5, 0.6) is 0 Å². The van der Waals surface area contributed by atoms with Gasteiger partial charge in [0.25, 0.3) is 5.69 Å². The normalized spacial score (nSPS) is 16.0. The zero-order valence-electron chi connectivity index (χ0n) is 18.1. The summed E-state index contributed by atoms with van der Waals surface area (Å²) in [6.07, 6.45) is 0.0570. The monoisotopic (exact) mass is 473 g/mol. The second-order valence-electron chi connectivity index (χ2n) is 7.88. The summed E-state index contributed by atoms with van der Waals surface area (Å²) in [5.74, 6) is -2.42. The van der Waals surface area contributed by atoms with E-state index in [9.17, 15) is 32.9 Å². The summed E-state index contributed by atoms with van der Waals surface area (Å²) < 4.78 is 28.7. The van der Waals surface area contributed by atoms with Gasteiger partial charge >= 0.3 is 0 Å². The maximum absolute atomic E-state index is 13.1. The smallest absolute Gasteiger partial charge is 0.269 e. The molecule has 2 aromatic carbocycles. The molecule has 0 aliphatic carbocycles. The van der Waals surface area contributed by atoms with Crippen molar-refractivity contribution in [2.45, 2.75) is 37.6 Å². The van der Waals surface area contributed by atoms with Crippen LogP contribution in [0.3, 0.4) is 0 Å². The van der Waals surface area contributed by atoms with E-state index in [0.29, 0.717) is 0 Å². The Labute approximate surface area is 190 Å². The largest absolute Gasteiger partial charge is 0.300 e. The molecular weight excluding hydrogens is 450 g/mol. The number of carbonyl (C=O) groups is 3. The molecule has 3 rings (SSSR count). The molecule has 1 fully saturated rings. The van der Waals surface area contributed by atoms with Gasteiger partial charge in [0.05, 0.1) is 21.8 Å². The van der Waals surface area contributed by atoms with E-state index in [4.69, 9.17) is 0 Å². The molecule has 1 aliphatic rings. The molecule has 33 heavy (non-hydrogen) atoms. The quantitative estimate of drug-likeness (QED) is 0.334. The minimum Gasteiger partial charge on any atom is -0.300 e. The molecule has 0 spiro atoms. The van der Waals surface area contributed by atoms with Crippen LogP contribution in [0.2, 0.25) is 0 Å². The van der Waals surface area contributed by atoms with Crippen LogP contribution in [0, 0.1) is 23.0 Å². The van der Waals surface area contributed by atoms with Gasteiger partial charge in [-0.25, -0.2) is 13.1 Å². The average molecular weight is 474 g/mol.